The molecule has 0 aromatic heterocycles. The van der Waals surface area contributed by atoms with Gasteiger partial charge in [-0.05, 0) is 23.1 Å². The van der Waals surface area contributed by atoms with Crippen LogP contribution in [0.3, 0.4) is 0 Å². The van der Waals surface area contributed by atoms with Crippen LogP contribution in [-0.2, 0) is 0 Å². The van der Waals surface area contributed by atoms with Gasteiger partial charge in [-0.2, -0.15) is 0 Å². The van der Waals surface area contributed by atoms with E-state index in [1.54, 1.807) is 4.53 Å². The second-order valence-electron chi connectivity index (χ2n) is 5.38. The minimum atomic E-state index is -1.20. The Balaban J connectivity index is 2.75. The number of rotatable bonds is 6. The van der Waals surface area contributed by atoms with Gasteiger partial charge in [-0.1, -0.05) is 75.4 Å². The topological polar surface area (TPSA) is 0 Å². The fourth-order valence-corrected chi connectivity index (χ4v) is 4.64. The average molecular weight is 265 g/mol. The molecule has 2 heteroatoms. The van der Waals surface area contributed by atoms with Gasteiger partial charge in [0.05, 0.1) is 8.07 Å². The lowest BCUT2D eigenvalue weighted by Gasteiger charge is -2.20. The number of allylic oxidation sites excluding steroid dienone is 1. The lowest BCUT2D eigenvalue weighted by atomic mass is 10.2. The third-order valence-electron chi connectivity index (χ3n) is 2.60. The molecule has 0 saturated heterocycles. The van der Waals surface area contributed by atoms with Gasteiger partial charge in [-0.25, -0.2) is 0 Å². The molecule has 0 bridgehead atoms. The van der Waals surface area contributed by atoms with Crippen LogP contribution in [0.1, 0.15) is 26.2 Å². The molecular formula is C15H24SSi. The first-order valence-electron chi connectivity index (χ1n) is 6.47. The van der Waals surface area contributed by atoms with E-state index in [1.165, 1.54) is 24.2 Å². The van der Waals surface area contributed by atoms with Crippen molar-refractivity contribution in [3.8, 4) is 0 Å². The number of unbranched alkanes of at least 4 members (excludes halogenated alkanes) is 2. The third kappa shape index (κ3) is 5.60. The van der Waals surface area contributed by atoms with Crippen LogP contribution < -0.4 is 0 Å². The first-order valence-corrected chi connectivity index (χ1v) is 10.8. The van der Waals surface area contributed by atoms with Gasteiger partial charge >= 0.3 is 0 Å². The normalized spacial score (nSPS) is 12.8. The fraction of sp³-hybridized carbons (Fsp3) is 0.467. The maximum atomic E-state index is 2.48. The van der Waals surface area contributed by atoms with Gasteiger partial charge in [0.25, 0.3) is 0 Å². The van der Waals surface area contributed by atoms with Crippen LogP contribution in [-0.4, -0.2) is 8.07 Å². The maximum Gasteiger partial charge on any atom is 0.0857 e. The molecule has 1 aromatic carbocycles. The van der Waals surface area contributed by atoms with Gasteiger partial charge in [0, 0.05) is 4.90 Å². The zero-order chi connectivity index (χ0) is 12.7. The summed E-state index contributed by atoms with van der Waals surface area (Å²) in [5, 5.41) is 0. The van der Waals surface area contributed by atoms with E-state index >= 15 is 0 Å². The second-order valence-corrected chi connectivity index (χ2v) is 11.9. The summed E-state index contributed by atoms with van der Waals surface area (Å²) in [6.07, 6.45) is 6.30. The zero-order valence-electron chi connectivity index (χ0n) is 11.5. The Morgan fingerprint density at radius 1 is 1.18 bits per heavy atom. The second kappa shape index (κ2) is 7.07. The van der Waals surface area contributed by atoms with E-state index in [9.17, 15) is 0 Å². The Morgan fingerprint density at radius 3 is 2.35 bits per heavy atom. The molecule has 0 spiro atoms. The highest BCUT2D eigenvalue weighted by Crippen LogP contribution is 2.33. The molecule has 94 valence electrons. The van der Waals surface area contributed by atoms with Gasteiger partial charge in [-0.3, -0.25) is 0 Å². The SMILES string of the molecule is CCCC/C=C(/Sc1ccccc1)[Si](C)(C)C. The minimum absolute atomic E-state index is 1.20. The standard InChI is InChI=1S/C15H24SSi/c1-5-6-8-13-15(17(2,3)4)16-14-11-9-7-10-12-14/h7,9-13H,5-6,8H2,1-4H3/b15-13-. The van der Waals surface area contributed by atoms with Crippen LogP contribution >= 0.6 is 11.8 Å². The Bertz CT molecular complexity index is 349. The van der Waals surface area contributed by atoms with Crippen molar-refractivity contribution >= 4 is 19.8 Å². The molecule has 0 amide bonds. The molecule has 0 fully saturated rings. The quantitative estimate of drug-likeness (QED) is 0.359. The largest absolute Gasteiger partial charge is 0.0995 e. The Hall–Kier alpha value is -0.473. The predicted octanol–water partition coefficient (Wildman–Crippen LogP) is 5.73. The fourth-order valence-electron chi connectivity index (χ4n) is 1.55. The van der Waals surface area contributed by atoms with E-state index < -0.39 is 8.07 Å². The van der Waals surface area contributed by atoms with Crippen LogP contribution in [0.25, 0.3) is 0 Å². The molecule has 0 aliphatic rings. The summed E-state index contributed by atoms with van der Waals surface area (Å²) in [4.78, 5) is 1.37. The zero-order valence-corrected chi connectivity index (χ0v) is 13.3. The number of thioether (sulfide) groups is 1. The van der Waals surface area contributed by atoms with Gasteiger partial charge in [0.1, 0.15) is 0 Å². The summed E-state index contributed by atoms with van der Waals surface area (Å²) in [6, 6.07) is 10.7. The van der Waals surface area contributed by atoms with Crippen molar-refractivity contribution in [3.05, 3.63) is 40.9 Å². The summed E-state index contributed by atoms with van der Waals surface area (Å²) >= 11 is 1.97. The van der Waals surface area contributed by atoms with Crippen LogP contribution in [0, 0.1) is 0 Å². The monoisotopic (exact) mass is 264 g/mol. The molecule has 0 N–H and O–H groups in total. The van der Waals surface area contributed by atoms with Crippen molar-refractivity contribution in [3.63, 3.8) is 0 Å². The van der Waals surface area contributed by atoms with E-state index in [4.69, 9.17) is 0 Å². The van der Waals surface area contributed by atoms with Crippen LogP contribution in [0.4, 0.5) is 0 Å². The molecule has 0 aliphatic heterocycles. The highest BCUT2D eigenvalue weighted by Gasteiger charge is 2.20. The molecule has 0 atom stereocenters. The highest BCUT2D eigenvalue weighted by atomic mass is 32.2. The summed E-state index contributed by atoms with van der Waals surface area (Å²) in [6.45, 7) is 9.55. The van der Waals surface area contributed by atoms with E-state index in [1.807, 2.05) is 11.8 Å². The lowest BCUT2D eigenvalue weighted by Crippen LogP contribution is -2.22. The predicted molar refractivity (Wildman–Crippen MR) is 83.3 cm³/mol. The first kappa shape index (κ1) is 14.6. The van der Waals surface area contributed by atoms with Crippen molar-refractivity contribution in [1.29, 1.82) is 0 Å². The van der Waals surface area contributed by atoms with E-state index in [0.717, 1.165) is 0 Å². The van der Waals surface area contributed by atoms with Gasteiger partial charge in [-0.15, -0.1) is 0 Å². The Labute approximate surface area is 112 Å². The number of hydrogen-bond acceptors (Lipinski definition) is 1. The van der Waals surface area contributed by atoms with Crippen LogP contribution in [0.2, 0.25) is 19.6 Å². The first-order chi connectivity index (χ1) is 8.04. The van der Waals surface area contributed by atoms with Crippen molar-refractivity contribution in [1.82, 2.24) is 0 Å². The van der Waals surface area contributed by atoms with Crippen LogP contribution in [0.5, 0.6) is 0 Å². The van der Waals surface area contributed by atoms with Gasteiger partial charge < -0.3 is 0 Å². The van der Waals surface area contributed by atoms with Crippen molar-refractivity contribution in [2.24, 2.45) is 0 Å². The summed E-state index contributed by atoms with van der Waals surface area (Å²) in [7, 11) is -1.20. The molecule has 0 unspecified atom stereocenters. The number of benzene rings is 1. The summed E-state index contributed by atoms with van der Waals surface area (Å²) < 4.78 is 1.62. The van der Waals surface area contributed by atoms with Crippen LogP contribution in [0.15, 0.2) is 45.8 Å². The Kier molecular flexibility index (Phi) is 6.07. The van der Waals surface area contributed by atoms with E-state index in [0.29, 0.717) is 0 Å². The molecule has 17 heavy (non-hydrogen) atoms. The smallest absolute Gasteiger partial charge is 0.0857 e. The van der Waals surface area contributed by atoms with Gasteiger partial charge in [0.2, 0.25) is 0 Å². The summed E-state index contributed by atoms with van der Waals surface area (Å²) in [5.41, 5.74) is 0. The highest BCUT2D eigenvalue weighted by molar-refractivity contribution is 8.05. The molecule has 0 radical (unpaired) electrons. The molecule has 1 rings (SSSR count). The van der Waals surface area contributed by atoms with Crippen molar-refractivity contribution < 1.29 is 0 Å². The molecule has 0 aliphatic carbocycles. The molecule has 1 aromatic rings. The van der Waals surface area contributed by atoms with Crippen molar-refractivity contribution in [2.45, 2.75) is 50.7 Å². The number of hydrogen-bond donors (Lipinski definition) is 0. The van der Waals surface area contributed by atoms with Crippen molar-refractivity contribution in [2.75, 3.05) is 0 Å². The Morgan fingerprint density at radius 2 is 1.82 bits per heavy atom. The molecule has 0 nitrogen and oxygen atoms in total. The third-order valence-corrected chi connectivity index (χ3v) is 7.32. The maximum absolute atomic E-state index is 2.48. The van der Waals surface area contributed by atoms with E-state index in [-0.39, 0.29) is 0 Å². The van der Waals surface area contributed by atoms with Gasteiger partial charge in [0.15, 0.2) is 0 Å². The molecule has 0 heterocycles. The molecular weight excluding hydrogens is 240 g/mol. The lowest BCUT2D eigenvalue weighted by molar-refractivity contribution is 0.814. The summed E-state index contributed by atoms with van der Waals surface area (Å²) in [5.74, 6) is 0. The molecule has 0 saturated carbocycles. The minimum Gasteiger partial charge on any atom is -0.0995 e. The average Bonchev–Trinajstić information content (AvgIpc) is 2.28. The van der Waals surface area contributed by atoms with E-state index in [2.05, 4.69) is 63.0 Å².